The molecule has 0 saturated heterocycles. The summed E-state index contributed by atoms with van der Waals surface area (Å²) in [5.74, 6) is 0.464. The van der Waals surface area contributed by atoms with Crippen LogP contribution in [0.3, 0.4) is 0 Å². The van der Waals surface area contributed by atoms with E-state index < -0.39 is 0 Å². The smallest absolute Gasteiger partial charge is 0.187 e. The van der Waals surface area contributed by atoms with Crippen LogP contribution in [0, 0.1) is 13.1 Å². The Kier molecular flexibility index (Phi) is 7.51. The molecule has 0 spiro atoms. The van der Waals surface area contributed by atoms with Crippen LogP contribution in [0.2, 0.25) is 0 Å². The van der Waals surface area contributed by atoms with E-state index in [-0.39, 0.29) is 11.5 Å². The summed E-state index contributed by atoms with van der Waals surface area (Å²) in [6, 6.07) is 18.2. The lowest BCUT2D eigenvalue weighted by atomic mass is 10.00. The predicted octanol–water partition coefficient (Wildman–Crippen LogP) is 8.09. The standard InChI is InChI=1S/C30H29N3O2/c1-4-5-6-7-16-33(19-27-25-12-10-23(31-2)17-21(25)8-14-29(27)34)20-28-26-13-11-24(32-3)18-22(26)9-15-30(28)35/h8-15,17-18,34-35H,4-7,16,19-20H2,1H3. The van der Waals surface area contributed by atoms with Gasteiger partial charge in [-0.1, -0.05) is 62.6 Å². The second kappa shape index (κ2) is 10.9. The number of hydrogen-bond donors (Lipinski definition) is 2. The Labute approximate surface area is 206 Å². The van der Waals surface area contributed by atoms with Gasteiger partial charge in [0.1, 0.15) is 11.5 Å². The van der Waals surface area contributed by atoms with Crippen LogP contribution in [0.4, 0.5) is 11.4 Å². The Morgan fingerprint density at radius 2 is 1.20 bits per heavy atom. The lowest BCUT2D eigenvalue weighted by Crippen LogP contribution is -2.24. The third-order valence-electron chi connectivity index (χ3n) is 6.53. The van der Waals surface area contributed by atoms with E-state index in [4.69, 9.17) is 13.1 Å². The van der Waals surface area contributed by atoms with Crippen LogP contribution >= 0.6 is 0 Å². The van der Waals surface area contributed by atoms with Crippen molar-refractivity contribution in [2.45, 2.75) is 45.7 Å². The minimum atomic E-state index is 0.232. The number of hydrogen-bond acceptors (Lipinski definition) is 3. The van der Waals surface area contributed by atoms with E-state index in [1.807, 2.05) is 36.4 Å². The summed E-state index contributed by atoms with van der Waals surface area (Å²) in [7, 11) is 0. The third kappa shape index (κ3) is 5.38. The van der Waals surface area contributed by atoms with Gasteiger partial charge >= 0.3 is 0 Å². The van der Waals surface area contributed by atoms with Crippen molar-refractivity contribution < 1.29 is 10.2 Å². The zero-order valence-electron chi connectivity index (χ0n) is 20.0. The van der Waals surface area contributed by atoms with Crippen molar-refractivity contribution >= 4 is 32.9 Å². The normalized spacial score (nSPS) is 11.1. The average molecular weight is 464 g/mol. The first-order valence-corrected chi connectivity index (χ1v) is 12.0. The summed E-state index contributed by atoms with van der Waals surface area (Å²) in [4.78, 5) is 9.33. The molecule has 5 heteroatoms. The number of phenolic OH excluding ortho intramolecular Hbond substituents is 2. The topological polar surface area (TPSA) is 52.4 Å². The van der Waals surface area contributed by atoms with Crippen LogP contribution in [0.15, 0.2) is 60.7 Å². The molecule has 0 unspecified atom stereocenters. The van der Waals surface area contributed by atoms with Crippen LogP contribution in [0.1, 0.15) is 43.7 Å². The molecule has 0 bridgehead atoms. The summed E-state index contributed by atoms with van der Waals surface area (Å²) >= 11 is 0. The maximum Gasteiger partial charge on any atom is 0.187 e. The number of phenols is 2. The van der Waals surface area contributed by atoms with Crippen LogP contribution in [-0.2, 0) is 13.1 Å². The highest BCUT2D eigenvalue weighted by atomic mass is 16.3. The molecule has 0 aliphatic heterocycles. The minimum Gasteiger partial charge on any atom is -0.508 e. The Balaban J connectivity index is 1.72. The summed E-state index contributed by atoms with van der Waals surface area (Å²) in [6.07, 6.45) is 4.47. The Morgan fingerprint density at radius 1 is 0.686 bits per heavy atom. The van der Waals surface area contributed by atoms with E-state index in [0.717, 1.165) is 58.5 Å². The molecule has 4 rings (SSSR count). The van der Waals surface area contributed by atoms with Gasteiger partial charge in [-0.15, -0.1) is 0 Å². The fourth-order valence-electron chi connectivity index (χ4n) is 4.64. The van der Waals surface area contributed by atoms with Gasteiger partial charge in [-0.3, -0.25) is 4.90 Å². The molecule has 0 aromatic heterocycles. The molecule has 2 N–H and O–H groups in total. The van der Waals surface area contributed by atoms with Crippen molar-refractivity contribution in [3.8, 4) is 11.5 Å². The highest BCUT2D eigenvalue weighted by Crippen LogP contribution is 2.34. The second-order valence-corrected chi connectivity index (χ2v) is 8.93. The Morgan fingerprint density at radius 3 is 1.66 bits per heavy atom. The first-order valence-electron chi connectivity index (χ1n) is 12.0. The van der Waals surface area contributed by atoms with Crippen molar-refractivity contribution in [2.75, 3.05) is 6.54 Å². The quantitative estimate of drug-likeness (QED) is 0.195. The lowest BCUT2D eigenvalue weighted by Gasteiger charge is -2.25. The van der Waals surface area contributed by atoms with E-state index in [2.05, 4.69) is 21.5 Å². The molecule has 35 heavy (non-hydrogen) atoms. The van der Waals surface area contributed by atoms with Gasteiger partial charge in [0.15, 0.2) is 11.4 Å². The lowest BCUT2D eigenvalue weighted by molar-refractivity contribution is 0.246. The minimum absolute atomic E-state index is 0.232. The second-order valence-electron chi connectivity index (χ2n) is 8.93. The van der Waals surface area contributed by atoms with Crippen molar-refractivity contribution in [3.05, 3.63) is 94.6 Å². The van der Waals surface area contributed by atoms with Crippen LogP contribution in [-0.4, -0.2) is 21.7 Å². The largest absolute Gasteiger partial charge is 0.508 e. The van der Waals surface area contributed by atoms with Gasteiger partial charge in [0.25, 0.3) is 0 Å². The van der Waals surface area contributed by atoms with Gasteiger partial charge in [-0.05, 0) is 58.8 Å². The molecule has 0 radical (unpaired) electrons. The van der Waals surface area contributed by atoms with E-state index in [0.29, 0.717) is 24.5 Å². The van der Waals surface area contributed by atoms with Crippen molar-refractivity contribution in [1.29, 1.82) is 0 Å². The van der Waals surface area contributed by atoms with Crippen molar-refractivity contribution in [3.63, 3.8) is 0 Å². The molecule has 0 heterocycles. The highest BCUT2D eigenvalue weighted by molar-refractivity contribution is 5.91. The summed E-state index contributed by atoms with van der Waals surface area (Å²) in [5, 5.41) is 25.3. The molecular weight excluding hydrogens is 434 g/mol. The molecular formula is C30H29N3O2. The molecule has 4 aromatic rings. The van der Waals surface area contributed by atoms with Gasteiger partial charge in [0.05, 0.1) is 13.1 Å². The molecule has 0 fully saturated rings. The van der Waals surface area contributed by atoms with Crippen LogP contribution < -0.4 is 0 Å². The number of nitrogens with zero attached hydrogens (tertiary/aromatic N) is 3. The monoisotopic (exact) mass is 463 g/mol. The molecule has 0 aliphatic rings. The zero-order chi connectivity index (χ0) is 24.8. The van der Waals surface area contributed by atoms with E-state index in [9.17, 15) is 10.2 Å². The fourth-order valence-corrected chi connectivity index (χ4v) is 4.64. The molecule has 0 atom stereocenters. The molecule has 0 aliphatic carbocycles. The fraction of sp³-hybridized carbons (Fsp3) is 0.267. The van der Waals surface area contributed by atoms with Crippen molar-refractivity contribution in [1.82, 2.24) is 4.90 Å². The zero-order valence-corrected chi connectivity index (χ0v) is 20.0. The summed E-state index contributed by atoms with van der Waals surface area (Å²) in [6.45, 7) is 18.7. The molecule has 0 amide bonds. The average Bonchev–Trinajstić information content (AvgIpc) is 2.88. The predicted molar refractivity (Wildman–Crippen MR) is 142 cm³/mol. The number of fused-ring (bicyclic) bond motifs is 2. The Hall–Kier alpha value is -4.06. The Bertz CT molecular complexity index is 1340. The third-order valence-corrected chi connectivity index (χ3v) is 6.53. The maximum atomic E-state index is 10.8. The van der Waals surface area contributed by atoms with Gasteiger partial charge in [-0.2, -0.15) is 0 Å². The summed E-state index contributed by atoms with van der Waals surface area (Å²) in [5.41, 5.74) is 2.80. The van der Waals surface area contributed by atoms with Crippen LogP contribution in [0.25, 0.3) is 31.2 Å². The number of aromatic hydroxyl groups is 2. The summed E-state index contributed by atoms with van der Waals surface area (Å²) < 4.78 is 0. The van der Waals surface area contributed by atoms with Gasteiger partial charge in [0.2, 0.25) is 0 Å². The highest BCUT2D eigenvalue weighted by Gasteiger charge is 2.17. The van der Waals surface area contributed by atoms with Gasteiger partial charge in [-0.25, -0.2) is 9.69 Å². The molecule has 4 aromatic carbocycles. The number of rotatable bonds is 9. The molecule has 0 saturated carbocycles. The van der Waals surface area contributed by atoms with E-state index >= 15 is 0 Å². The first-order chi connectivity index (χ1) is 17.0. The SMILES string of the molecule is [C-]#[N+]c1ccc2c(CN(CCCCCC)Cc3c(O)ccc4cc([N+]#[C-])ccc34)c(O)ccc2c1. The molecule has 5 nitrogen and oxygen atoms in total. The molecule has 176 valence electrons. The first kappa shape index (κ1) is 24.1. The van der Waals surface area contributed by atoms with Gasteiger partial charge in [0, 0.05) is 24.2 Å². The van der Waals surface area contributed by atoms with Crippen molar-refractivity contribution in [2.24, 2.45) is 0 Å². The van der Waals surface area contributed by atoms with E-state index in [1.165, 1.54) is 6.42 Å². The van der Waals surface area contributed by atoms with Crippen LogP contribution in [0.5, 0.6) is 11.5 Å². The number of benzene rings is 4. The van der Waals surface area contributed by atoms with E-state index in [1.54, 1.807) is 24.3 Å². The maximum absolute atomic E-state index is 10.8. The number of unbranched alkanes of at least 4 members (excludes halogenated alkanes) is 3. The van der Waals surface area contributed by atoms with Gasteiger partial charge < -0.3 is 10.2 Å².